The highest BCUT2D eigenvalue weighted by molar-refractivity contribution is 5.48. The molecule has 0 saturated heterocycles. The van der Waals surface area contributed by atoms with Crippen LogP contribution in [0.25, 0.3) is 0 Å². The van der Waals surface area contributed by atoms with E-state index in [1.54, 1.807) is 0 Å². The number of rotatable bonds is 1. The first-order valence-corrected chi connectivity index (χ1v) is 4.45. The van der Waals surface area contributed by atoms with Crippen LogP contribution in [-0.2, 0) is 6.42 Å². The molecule has 0 unspecified atom stereocenters. The molecule has 70 valence electrons. The highest BCUT2D eigenvalue weighted by Gasteiger charge is 2.18. The number of nitrogens with two attached hydrogens (primary N) is 1. The third-order valence-electron chi connectivity index (χ3n) is 2.32. The van der Waals surface area contributed by atoms with Gasteiger partial charge in [0.15, 0.2) is 0 Å². The van der Waals surface area contributed by atoms with Crippen molar-refractivity contribution in [2.45, 2.75) is 18.9 Å². The summed E-state index contributed by atoms with van der Waals surface area (Å²) in [5.41, 5.74) is 7.56. The molecule has 0 radical (unpaired) electrons. The van der Waals surface area contributed by atoms with E-state index in [1.807, 2.05) is 18.2 Å². The molecule has 1 aromatic carbocycles. The number of hydrogen-bond acceptors (Lipinski definition) is 3. The molecule has 3 N–H and O–H groups in total. The molecule has 1 aliphatic rings. The fraction of sp³-hybridized carbons (Fsp3) is 0.400. The molecule has 0 bridgehead atoms. The first-order chi connectivity index (χ1) is 6.29. The maximum absolute atomic E-state index is 8.92. The molecule has 1 heterocycles. The molecule has 3 heteroatoms. The van der Waals surface area contributed by atoms with Crippen LogP contribution in [0.15, 0.2) is 18.2 Å². The van der Waals surface area contributed by atoms with Gasteiger partial charge in [-0.25, -0.2) is 0 Å². The van der Waals surface area contributed by atoms with Crippen LogP contribution in [0.1, 0.15) is 12.0 Å². The minimum atomic E-state index is -0.0453. The van der Waals surface area contributed by atoms with Crippen molar-refractivity contribution in [2.75, 3.05) is 12.3 Å². The Morgan fingerprint density at radius 2 is 2.38 bits per heavy atom. The Morgan fingerprint density at radius 1 is 1.54 bits per heavy atom. The summed E-state index contributed by atoms with van der Waals surface area (Å²) in [4.78, 5) is 0. The first-order valence-electron chi connectivity index (χ1n) is 4.45. The summed E-state index contributed by atoms with van der Waals surface area (Å²) in [6.45, 7) is 0.0871. The van der Waals surface area contributed by atoms with Crippen molar-refractivity contribution in [1.29, 1.82) is 0 Å². The van der Waals surface area contributed by atoms with Gasteiger partial charge >= 0.3 is 0 Å². The number of aliphatic hydroxyl groups excluding tert-OH is 1. The minimum Gasteiger partial charge on any atom is -0.488 e. The van der Waals surface area contributed by atoms with Crippen LogP contribution in [0.2, 0.25) is 0 Å². The zero-order chi connectivity index (χ0) is 9.26. The summed E-state index contributed by atoms with van der Waals surface area (Å²) < 4.78 is 5.53. The summed E-state index contributed by atoms with van der Waals surface area (Å²) in [6, 6.07) is 5.62. The summed E-state index contributed by atoms with van der Waals surface area (Å²) >= 11 is 0. The van der Waals surface area contributed by atoms with Crippen LogP contribution < -0.4 is 10.5 Å². The molecule has 2 rings (SSSR count). The Balaban J connectivity index is 2.26. The molecule has 0 amide bonds. The summed E-state index contributed by atoms with van der Waals surface area (Å²) in [5, 5.41) is 8.92. The van der Waals surface area contributed by atoms with Crippen molar-refractivity contribution in [2.24, 2.45) is 0 Å². The maximum atomic E-state index is 8.92. The SMILES string of the molecule is Nc1ccc2c(c1)CC[C@@H](CO)O2. The highest BCUT2D eigenvalue weighted by Crippen LogP contribution is 2.28. The summed E-state index contributed by atoms with van der Waals surface area (Å²) in [7, 11) is 0. The fourth-order valence-corrected chi connectivity index (χ4v) is 1.59. The number of anilines is 1. The highest BCUT2D eigenvalue weighted by atomic mass is 16.5. The molecule has 0 spiro atoms. The Labute approximate surface area is 77.1 Å². The lowest BCUT2D eigenvalue weighted by molar-refractivity contribution is 0.0978. The number of benzene rings is 1. The van der Waals surface area contributed by atoms with Gasteiger partial charge in [-0.05, 0) is 36.6 Å². The molecule has 1 aliphatic heterocycles. The van der Waals surface area contributed by atoms with Crippen molar-refractivity contribution in [3.05, 3.63) is 23.8 Å². The third-order valence-corrected chi connectivity index (χ3v) is 2.32. The van der Waals surface area contributed by atoms with E-state index in [9.17, 15) is 0 Å². The van der Waals surface area contributed by atoms with E-state index >= 15 is 0 Å². The van der Waals surface area contributed by atoms with Crippen molar-refractivity contribution < 1.29 is 9.84 Å². The number of fused-ring (bicyclic) bond motifs is 1. The van der Waals surface area contributed by atoms with Gasteiger partial charge < -0.3 is 15.6 Å². The molecule has 0 saturated carbocycles. The van der Waals surface area contributed by atoms with Gasteiger partial charge in [-0.2, -0.15) is 0 Å². The smallest absolute Gasteiger partial charge is 0.123 e. The molecular formula is C10H13NO2. The Hall–Kier alpha value is -1.22. The molecule has 1 aromatic rings. The lowest BCUT2D eigenvalue weighted by Gasteiger charge is -2.24. The second-order valence-corrected chi connectivity index (χ2v) is 3.33. The molecular weight excluding hydrogens is 166 g/mol. The first kappa shape index (κ1) is 8.38. The van der Waals surface area contributed by atoms with Crippen molar-refractivity contribution in [3.63, 3.8) is 0 Å². The van der Waals surface area contributed by atoms with E-state index in [0.29, 0.717) is 0 Å². The second kappa shape index (κ2) is 3.26. The number of aryl methyl sites for hydroxylation is 1. The van der Waals surface area contributed by atoms with Crippen molar-refractivity contribution in [1.82, 2.24) is 0 Å². The Kier molecular flexibility index (Phi) is 2.10. The van der Waals surface area contributed by atoms with Gasteiger partial charge in [0, 0.05) is 5.69 Å². The van der Waals surface area contributed by atoms with Gasteiger partial charge in [-0.1, -0.05) is 0 Å². The molecule has 3 nitrogen and oxygen atoms in total. The van der Waals surface area contributed by atoms with Gasteiger partial charge in [-0.3, -0.25) is 0 Å². The van der Waals surface area contributed by atoms with Gasteiger partial charge in [-0.15, -0.1) is 0 Å². The molecule has 0 aromatic heterocycles. The lowest BCUT2D eigenvalue weighted by Crippen LogP contribution is -2.26. The molecule has 0 fully saturated rings. The van der Waals surface area contributed by atoms with E-state index in [0.717, 1.165) is 29.8 Å². The minimum absolute atomic E-state index is 0.0453. The van der Waals surface area contributed by atoms with Crippen LogP contribution >= 0.6 is 0 Å². The quantitative estimate of drug-likeness (QED) is 0.631. The number of hydrogen-bond donors (Lipinski definition) is 2. The predicted molar refractivity (Wildman–Crippen MR) is 50.7 cm³/mol. The molecule has 1 atom stereocenters. The summed E-state index contributed by atoms with van der Waals surface area (Å²) in [5.74, 6) is 0.861. The maximum Gasteiger partial charge on any atom is 0.123 e. The van der Waals surface area contributed by atoms with Gasteiger partial charge in [0.05, 0.1) is 6.61 Å². The summed E-state index contributed by atoms with van der Waals surface area (Å²) in [6.07, 6.45) is 1.76. The van der Waals surface area contributed by atoms with Crippen molar-refractivity contribution in [3.8, 4) is 5.75 Å². The van der Waals surface area contributed by atoms with E-state index in [1.165, 1.54) is 0 Å². The topological polar surface area (TPSA) is 55.5 Å². The Bertz CT molecular complexity index is 312. The predicted octanol–water partition coefficient (Wildman–Crippen LogP) is 0.955. The molecule has 0 aliphatic carbocycles. The fourth-order valence-electron chi connectivity index (χ4n) is 1.59. The van der Waals surface area contributed by atoms with E-state index in [-0.39, 0.29) is 12.7 Å². The zero-order valence-corrected chi connectivity index (χ0v) is 7.36. The second-order valence-electron chi connectivity index (χ2n) is 3.33. The standard InChI is InChI=1S/C10H13NO2/c11-8-2-4-10-7(5-8)1-3-9(6-12)13-10/h2,4-5,9,12H,1,3,6,11H2/t9-/m0/s1. The van der Waals surface area contributed by atoms with Crippen LogP contribution in [-0.4, -0.2) is 17.8 Å². The number of ether oxygens (including phenoxy) is 1. The van der Waals surface area contributed by atoms with E-state index in [2.05, 4.69) is 0 Å². The lowest BCUT2D eigenvalue weighted by atomic mass is 10.0. The average Bonchev–Trinajstić information content (AvgIpc) is 2.17. The van der Waals surface area contributed by atoms with Gasteiger partial charge in [0.25, 0.3) is 0 Å². The van der Waals surface area contributed by atoms with Crippen LogP contribution in [0.4, 0.5) is 5.69 Å². The average molecular weight is 179 g/mol. The number of aliphatic hydroxyl groups is 1. The van der Waals surface area contributed by atoms with E-state index < -0.39 is 0 Å². The van der Waals surface area contributed by atoms with Crippen LogP contribution in [0, 0.1) is 0 Å². The zero-order valence-electron chi connectivity index (χ0n) is 7.36. The number of nitrogen functional groups attached to an aromatic ring is 1. The van der Waals surface area contributed by atoms with Crippen LogP contribution in [0.5, 0.6) is 5.75 Å². The molecule has 13 heavy (non-hydrogen) atoms. The Morgan fingerprint density at radius 3 is 3.15 bits per heavy atom. The largest absolute Gasteiger partial charge is 0.488 e. The monoisotopic (exact) mass is 179 g/mol. The van der Waals surface area contributed by atoms with Gasteiger partial charge in [0.1, 0.15) is 11.9 Å². The normalized spacial score (nSPS) is 20.5. The van der Waals surface area contributed by atoms with Gasteiger partial charge in [0.2, 0.25) is 0 Å². The van der Waals surface area contributed by atoms with Crippen molar-refractivity contribution >= 4 is 5.69 Å². The van der Waals surface area contributed by atoms with Crippen LogP contribution in [0.3, 0.4) is 0 Å². The van der Waals surface area contributed by atoms with E-state index in [4.69, 9.17) is 15.6 Å². The third kappa shape index (κ3) is 1.60.